The molecular weight excluding hydrogens is 310 g/mol. The number of benzene rings is 1. The van der Waals surface area contributed by atoms with Crippen LogP contribution in [0.4, 0.5) is 5.69 Å². The average molecular weight is 337 g/mol. The highest BCUT2D eigenvalue weighted by molar-refractivity contribution is 5.49. The van der Waals surface area contributed by atoms with Gasteiger partial charge in [0.25, 0.3) is 0 Å². The lowest BCUT2D eigenvalue weighted by Gasteiger charge is -2.19. The Bertz CT molecular complexity index is 670. The van der Waals surface area contributed by atoms with Gasteiger partial charge in [-0.15, -0.1) is 0 Å². The molecular formula is C21H27N3O. The van der Waals surface area contributed by atoms with Gasteiger partial charge in [-0.25, -0.2) is 0 Å². The van der Waals surface area contributed by atoms with Gasteiger partial charge in [-0.3, -0.25) is 4.98 Å². The summed E-state index contributed by atoms with van der Waals surface area (Å²) in [6, 6.07) is 13.4. The minimum Gasteiger partial charge on any atom is -0.490 e. The first kappa shape index (κ1) is 16.4. The van der Waals surface area contributed by atoms with E-state index in [0.717, 1.165) is 44.3 Å². The van der Waals surface area contributed by atoms with Gasteiger partial charge in [0.1, 0.15) is 12.4 Å². The van der Waals surface area contributed by atoms with Crippen molar-refractivity contribution >= 4 is 5.69 Å². The lowest BCUT2D eigenvalue weighted by molar-refractivity contribution is 0.276. The molecule has 1 aromatic heterocycles. The molecule has 1 N–H and O–H groups in total. The van der Waals surface area contributed by atoms with Crippen molar-refractivity contribution in [2.24, 2.45) is 5.92 Å². The number of aromatic nitrogens is 1. The van der Waals surface area contributed by atoms with E-state index in [1.807, 2.05) is 12.4 Å². The van der Waals surface area contributed by atoms with Gasteiger partial charge in [-0.2, -0.15) is 0 Å². The summed E-state index contributed by atoms with van der Waals surface area (Å²) in [6.45, 7) is 4.06. The number of hydrogen-bond acceptors (Lipinski definition) is 4. The van der Waals surface area contributed by atoms with Crippen molar-refractivity contribution < 1.29 is 4.74 Å². The van der Waals surface area contributed by atoms with Crippen LogP contribution in [0.3, 0.4) is 0 Å². The Labute approximate surface area is 150 Å². The van der Waals surface area contributed by atoms with Crippen LogP contribution in [0.25, 0.3) is 0 Å². The minimum atomic E-state index is 0.491. The molecule has 0 radical (unpaired) electrons. The van der Waals surface area contributed by atoms with Crippen molar-refractivity contribution in [2.45, 2.75) is 31.7 Å². The molecule has 4 rings (SSSR count). The fourth-order valence-corrected chi connectivity index (χ4v) is 3.94. The summed E-state index contributed by atoms with van der Waals surface area (Å²) in [4.78, 5) is 6.84. The quantitative estimate of drug-likeness (QED) is 0.878. The third kappa shape index (κ3) is 4.31. The second kappa shape index (κ2) is 7.87. The number of pyridine rings is 1. The van der Waals surface area contributed by atoms with Crippen molar-refractivity contribution in [2.75, 3.05) is 31.1 Å². The van der Waals surface area contributed by atoms with E-state index in [1.165, 1.54) is 30.5 Å². The molecule has 4 heteroatoms. The number of anilines is 1. The maximum Gasteiger partial charge on any atom is 0.139 e. The van der Waals surface area contributed by atoms with Crippen molar-refractivity contribution in [1.29, 1.82) is 0 Å². The van der Waals surface area contributed by atoms with Crippen molar-refractivity contribution in [1.82, 2.24) is 10.3 Å². The van der Waals surface area contributed by atoms with Crippen LogP contribution in [0.15, 0.2) is 48.8 Å². The molecule has 4 nitrogen and oxygen atoms in total. The molecule has 3 heterocycles. The van der Waals surface area contributed by atoms with E-state index in [-0.39, 0.29) is 0 Å². The summed E-state index contributed by atoms with van der Waals surface area (Å²) in [7, 11) is 0. The van der Waals surface area contributed by atoms with Gasteiger partial charge in [-0.05, 0) is 43.7 Å². The standard InChI is InChI=1S/C21H27N3O/c1-2-5-17(6-3-1)11-18-8-10-24(15-18)20-12-21(14-22-13-20)25-16-19-7-4-9-23-19/h1-3,5-6,12-14,18-19,23H,4,7-11,15-16H2/t18?,19-/m0/s1. The summed E-state index contributed by atoms with van der Waals surface area (Å²) in [5, 5.41) is 3.47. The maximum atomic E-state index is 5.96. The molecule has 0 bridgehead atoms. The molecule has 0 saturated carbocycles. The lowest BCUT2D eigenvalue weighted by atomic mass is 9.99. The van der Waals surface area contributed by atoms with Crippen LogP contribution >= 0.6 is 0 Å². The first-order valence-electron chi connectivity index (χ1n) is 9.47. The fourth-order valence-electron chi connectivity index (χ4n) is 3.94. The monoisotopic (exact) mass is 337 g/mol. The van der Waals surface area contributed by atoms with Crippen molar-refractivity contribution in [3.63, 3.8) is 0 Å². The van der Waals surface area contributed by atoms with E-state index >= 15 is 0 Å². The van der Waals surface area contributed by atoms with Crippen LogP contribution in [0.5, 0.6) is 5.75 Å². The van der Waals surface area contributed by atoms with Crippen LogP contribution in [0, 0.1) is 5.92 Å². The lowest BCUT2D eigenvalue weighted by Crippen LogP contribution is -2.28. The Balaban J connectivity index is 1.33. The first-order valence-corrected chi connectivity index (χ1v) is 9.47. The molecule has 1 unspecified atom stereocenters. The summed E-state index contributed by atoms with van der Waals surface area (Å²) in [6.07, 6.45) is 8.66. The number of ether oxygens (including phenoxy) is 1. The number of hydrogen-bond donors (Lipinski definition) is 1. The first-order chi connectivity index (χ1) is 12.4. The summed E-state index contributed by atoms with van der Waals surface area (Å²) < 4.78 is 5.96. The molecule has 25 heavy (non-hydrogen) atoms. The Morgan fingerprint density at radius 3 is 2.92 bits per heavy atom. The maximum absolute atomic E-state index is 5.96. The summed E-state index contributed by atoms with van der Waals surface area (Å²) in [5.74, 6) is 1.60. The predicted molar refractivity (Wildman–Crippen MR) is 101 cm³/mol. The van der Waals surface area contributed by atoms with Gasteiger partial charge in [0.15, 0.2) is 0 Å². The summed E-state index contributed by atoms with van der Waals surface area (Å²) >= 11 is 0. The third-order valence-corrected chi connectivity index (χ3v) is 5.33. The van der Waals surface area contributed by atoms with Crippen LogP contribution in [-0.4, -0.2) is 37.3 Å². The van der Waals surface area contributed by atoms with Gasteiger partial charge < -0.3 is 15.0 Å². The predicted octanol–water partition coefficient (Wildman–Crippen LogP) is 3.28. The number of nitrogens with one attached hydrogen (secondary N) is 1. The average Bonchev–Trinajstić information content (AvgIpc) is 3.33. The normalized spacial score (nSPS) is 23.1. The van der Waals surface area contributed by atoms with Crippen LogP contribution in [-0.2, 0) is 6.42 Å². The molecule has 2 fully saturated rings. The largest absolute Gasteiger partial charge is 0.490 e. The van der Waals surface area contributed by atoms with Crippen LogP contribution < -0.4 is 15.0 Å². The van der Waals surface area contributed by atoms with Crippen LogP contribution in [0.1, 0.15) is 24.8 Å². The second-order valence-electron chi connectivity index (χ2n) is 7.27. The van der Waals surface area contributed by atoms with Crippen molar-refractivity contribution in [3.05, 3.63) is 54.4 Å². The Hall–Kier alpha value is -2.07. The molecule has 0 amide bonds. The summed E-state index contributed by atoms with van der Waals surface area (Å²) in [5.41, 5.74) is 2.63. The molecule has 2 atom stereocenters. The van der Waals surface area contributed by atoms with E-state index < -0.39 is 0 Å². The second-order valence-corrected chi connectivity index (χ2v) is 7.27. The topological polar surface area (TPSA) is 37.4 Å². The van der Waals surface area contributed by atoms with E-state index in [1.54, 1.807) is 0 Å². The smallest absolute Gasteiger partial charge is 0.139 e. The van der Waals surface area contributed by atoms with Gasteiger partial charge in [-0.1, -0.05) is 30.3 Å². The van der Waals surface area contributed by atoms with Crippen molar-refractivity contribution in [3.8, 4) is 5.75 Å². The Kier molecular flexibility index (Phi) is 5.17. The van der Waals surface area contributed by atoms with E-state index in [9.17, 15) is 0 Å². The van der Waals surface area contributed by atoms with Gasteiger partial charge in [0.05, 0.1) is 18.1 Å². The molecule has 2 aromatic rings. The molecule has 1 aromatic carbocycles. The van der Waals surface area contributed by atoms with E-state index in [2.05, 4.69) is 51.6 Å². The zero-order valence-corrected chi connectivity index (χ0v) is 14.7. The Morgan fingerprint density at radius 2 is 2.08 bits per heavy atom. The highest BCUT2D eigenvalue weighted by Crippen LogP contribution is 2.28. The van der Waals surface area contributed by atoms with Crippen LogP contribution in [0.2, 0.25) is 0 Å². The van der Waals surface area contributed by atoms with E-state index in [4.69, 9.17) is 4.74 Å². The molecule has 2 saturated heterocycles. The van der Waals surface area contributed by atoms with E-state index in [0.29, 0.717) is 6.04 Å². The number of rotatable bonds is 6. The highest BCUT2D eigenvalue weighted by Gasteiger charge is 2.23. The van der Waals surface area contributed by atoms with Gasteiger partial charge in [0.2, 0.25) is 0 Å². The zero-order valence-electron chi connectivity index (χ0n) is 14.7. The Morgan fingerprint density at radius 1 is 1.16 bits per heavy atom. The zero-order chi connectivity index (χ0) is 16.9. The van der Waals surface area contributed by atoms with Gasteiger partial charge in [0, 0.05) is 25.2 Å². The van der Waals surface area contributed by atoms with Gasteiger partial charge >= 0.3 is 0 Å². The number of nitrogens with zero attached hydrogens (tertiary/aromatic N) is 2. The fraction of sp³-hybridized carbons (Fsp3) is 0.476. The highest BCUT2D eigenvalue weighted by atomic mass is 16.5. The molecule has 2 aliphatic rings. The molecule has 0 spiro atoms. The molecule has 0 aliphatic carbocycles. The molecule has 132 valence electrons. The minimum absolute atomic E-state index is 0.491. The SMILES string of the molecule is c1ccc(CC2CCN(c3cncc(OC[C@@H]4CCCN4)c3)C2)cc1. The third-order valence-electron chi connectivity index (χ3n) is 5.33. The molecule has 2 aliphatic heterocycles.